The largest absolute Gasteiger partial charge is 0.388 e. The molecule has 14 heavy (non-hydrogen) atoms. The van der Waals surface area contributed by atoms with E-state index in [2.05, 4.69) is 15.4 Å². The van der Waals surface area contributed by atoms with Crippen LogP contribution < -0.4 is 0 Å². The molecule has 0 radical (unpaired) electrons. The first-order valence-corrected chi connectivity index (χ1v) is 4.33. The molecule has 2 rings (SSSR count). The van der Waals surface area contributed by atoms with Crippen LogP contribution in [0.25, 0.3) is 5.69 Å². The smallest absolute Gasteiger partial charge is 0.200 e. The highest BCUT2D eigenvalue weighted by molar-refractivity contribution is 6.32. The summed E-state index contributed by atoms with van der Waals surface area (Å²) in [6, 6.07) is 7.14. The SMILES string of the molecule is OCc1nnn(-c2ccccc2Cl)n1. The van der Waals surface area contributed by atoms with Crippen LogP contribution in [-0.4, -0.2) is 25.3 Å². The van der Waals surface area contributed by atoms with Crippen LogP contribution in [0.15, 0.2) is 24.3 Å². The second-order valence-corrected chi connectivity index (χ2v) is 3.01. The molecule has 1 heterocycles. The van der Waals surface area contributed by atoms with Gasteiger partial charge in [-0.3, -0.25) is 0 Å². The highest BCUT2D eigenvalue weighted by atomic mass is 35.5. The third-order valence-electron chi connectivity index (χ3n) is 1.66. The maximum absolute atomic E-state index is 8.76. The van der Waals surface area contributed by atoms with Gasteiger partial charge < -0.3 is 5.11 Å². The minimum absolute atomic E-state index is 0.232. The van der Waals surface area contributed by atoms with Gasteiger partial charge in [0.1, 0.15) is 12.3 Å². The predicted molar refractivity (Wildman–Crippen MR) is 50.1 cm³/mol. The molecule has 0 aliphatic heterocycles. The topological polar surface area (TPSA) is 63.8 Å². The van der Waals surface area contributed by atoms with Gasteiger partial charge in [-0.2, -0.15) is 0 Å². The molecule has 0 amide bonds. The maximum Gasteiger partial charge on any atom is 0.200 e. The number of rotatable bonds is 2. The highest BCUT2D eigenvalue weighted by Crippen LogP contribution is 2.17. The lowest BCUT2D eigenvalue weighted by molar-refractivity contribution is 0.271. The van der Waals surface area contributed by atoms with Crippen LogP contribution >= 0.6 is 11.6 Å². The van der Waals surface area contributed by atoms with Crippen molar-refractivity contribution in [2.45, 2.75) is 6.61 Å². The molecule has 0 saturated carbocycles. The van der Waals surface area contributed by atoms with E-state index in [0.29, 0.717) is 10.7 Å². The predicted octanol–water partition coefficient (Wildman–Crippen LogP) is 0.808. The number of hydrogen-bond acceptors (Lipinski definition) is 4. The lowest BCUT2D eigenvalue weighted by Gasteiger charge is -1.99. The lowest BCUT2D eigenvalue weighted by Crippen LogP contribution is -1.99. The van der Waals surface area contributed by atoms with Gasteiger partial charge in [-0.1, -0.05) is 23.7 Å². The molecular weight excluding hydrogens is 204 g/mol. The van der Waals surface area contributed by atoms with E-state index in [1.165, 1.54) is 4.80 Å². The zero-order valence-corrected chi connectivity index (χ0v) is 7.89. The summed E-state index contributed by atoms with van der Waals surface area (Å²) in [5.74, 6) is 0.268. The minimum Gasteiger partial charge on any atom is -0.388 e. The van der Waals surface area contributed by atoms with Crippen molar-refractivity contribution < 1.29 is 5.11 Å². The summed E-state index contributed by atoms with van der Waals surface area (Å²) in [5, 5.41) is 20.6. The average Bonchev–Trinajstić information content (AvgIpc) is 2.67. The number of tetrazole rings is 1. The quantitative estimate of drug-likeness (QED) is 0.797. The van der Waals surface area contributed by atoms with Crippen molar-refractivity contribution in [2.75, 3.05) is 0 Å². The molecule has 72 valence electrons. The first kappa shape index (κ1) is 9.11. The number of nitrogens with zero attached hydrogens (tertiary/aromatic N) is 4. The van der Waals surface area contributed by atoms with E-state index in [9.17, 15) is 0 Å². The van der Waals surface area contributed by atoms with Crippen LogP contribution in [0.5, 0.6) is 0 Å². The molecule has 1 N–H and O–H groups in total. The van der Waals surface area contributed by atoms with Crippen LogP contribution in [0.2, 0.25) is 5.02 Å². The fourth-order valence-corrected chi connectivity index (χ4v) is 1.23. The summed E-state index contributed by atoms with van der Waals surface area (Å²) in [7, 11) is 0. The second-order valence-electron chi connectivity index (χ2n) is 2.60. The standard InChI is InChI=1S/C8H7ClN4O/c9-6-3-1-2-4-7(6)13-11-8(5-14)10-12-13/h1-4,14H,5H2. The van der Waals surface area contributed by atoms with Gasteiger partial charge >= 0.3 is 0 Å². The zero-order valence-electron chi connectivity index (χ0n) is 7.13. The molecule has 0 atom stereocenters. The number of halogens is 1. The molecule has 1 aromatic carbocycles. The Labute approximate surface area is 84.9 Å². The highest BCUT2D eigenvalue weighted by Gasteiger charge is 2.06. The van der Waals surface area contributed by atoms with Gasteiger partial charge in [0.2, 0.25) is 5.82 Å². The minimum atomic E-state index is -0.232. The third-order valence-corrected chi connectivity index (χ3v) is 1.98. The Morgan fingerprint density at radius 3 is 2.79 bits per heavy atom. The van der Waals surface area contributed by atoms with Crippen molar-refractivity contribution in [2.24, 2.45) is 0 Å². The van der Waals surface area contributed by atoms with Crippen LogP contribution in [-0.2, 0) is 6.61 Å². The number of para-hydroxylation sites is 1. The average molecular weight is 211 g/mol. The zero-order chi connectivity index (χ0) is 9.97. The van der Waals surface area contributed by atoms with Gasteiger partial charge in [0, 0.05) is 0 Å². The summed E-state index contributed by atoms with van der Waals surface area (Å²) < 4.78 is 0. The number of benzene rings is 1. The van der Waals surface area contributed by atoms with Crippen molar-refractivity contribution in [1.82, 2.24) is 20.2 Å². The number of hydrogen-bond donors (Lipinski definition) is 1. The Hall–Kier alpha value is -1.46. The van der Waals surface area contributed by atoms with Crippen molar-refractivity contribution in [3.8, 4) is 5.69 Å². The molecule has 0 unspecified atom stereocenters. The van der Waals surface area contributed by atoms with Gasteiger partial charge in [0.15, 0.2) is 0 Å². The molecule has 0 aliphatic rings. The monoisotopic (exact) mass is 210 g/mol. The van der Waals surface area contributed by atoms with Crippen LogP contribution in [0.1, 0.15) is 5.82 Å². The summed E-state index contributed by atoms with van der Waals surface area (Å²) >= 11 is 5.92. The Morgan fingerprint density at radius 2 is 2.14 bits per heavy atom. The fraction of sp³-hybridized carbons (Fsp3) is 0.125. The molecular formula is C8H7ClN4O. The summed E-state index contributed by atoms with van der Waals surface area (Å²) in [5.41, 5.74) is 0.640. The van der Waals surface area contributed by atoms with Crippen LogP contribution in [0.3, 0.4) is 0 Å². The molecule has 1 aromatic heterocycles. The number of aliphatic hydroxyl groups excluding tert-OH is 1. The van der Waals surface area contributed by atoms with Crippen molar-refractivity contribution in [3.63, 3.8) is 0 Å². The number of aliphatic hydroxyl groups is 1. The van der Waals surface area contributed by atoms with E-state index in [0.717, 1.165) is 0 Å². The Balaban J connectivity index is 2.44. The molecule has 0 fully saturated rings. The fourth-order valence-electron chi connectivity index (χ4n) is 1.02. The van der Waals surface area contributed by atoms with Gasteiger partial charge in [0.25, 0.3) is 0 Å². The Kier molecular flexibility index (Phi) is 2.43. The molecule has 0 bridgehead atoms. The van der Waals surface area contributed by atoms with Gasteiger partial charge in [-0.05, 0) is 17.3 Å². The summed E-state index contributed by atoms with van der Waals surface area (Å²) in [4.78, 5) is 1.29. The van der Waals surface area contributed by atoms with Gasteiger partial charge in [0.05, 0.1) is 5.02 Å². The van der Waals surface area contributed by atoms with Gasteiger partial charge in [-0.25, -0.2) is 0 Å². The van der Waals surface area contributed by atoms with E-state index < -0.39 is 0 Å². The van der Waals surface area contributed by atoms with E-state index in [1.54, 1.807) is 12.1 Å². The molecule has 0 saturated heterocycles. The molecule has 0 spiro atoms. The first-order chi connectivity index (χ1) is 6.81. The molecule has 2 aromatic rings. The maximum atomic E-state index is 8.76. The van der Waals surface area contributed by atoms with Crippen LogP contribution in [0.4, 0.5) is 0 Å². The van der Waals surface area contributed by atoms with E-state index in [-0.39, 0.29) is 12.4 Å². The summed E-state index contributed by atoms with van der Waals surface area (Å²) in [6.45, 7) is -0.232. The second kappa shape index (κ2) is 3.73. The van der Waals surface area contributed by atoms with Gasteiger partial charge in [-0.15, -0.1) is 15.0 Å². The first-order valence-electron chi connectivity index (χ1n) is 3.96. The third kappa shape index (κ3) is 1.59. The van der Waals surface area contributed by atoms with Crippen molar-refractivity contribution in [1.29, 1.82) is 0 Å². The number of aromatic nitrogens is 4. The molecule has 5 nitrogen and oxygen atoms in total. The molecule has 0 aliphatic carbocycles. The lowest BCUT2D eigenvalue weighted by atomic mass is 10.3. The van der Waals surface area contributed by atoms with E-state index in [4.69, 9.17) is 16.7 Å². The van der Waals surface area contributed by atoms with Crippen molar-refractivity contribution >= 4 is 11.6 Å². The Morgan fingerprint density at radius 1 is 1.36 bits per heavy atom. The van der Waals surface area contributed by atoms with Crippen molar-refractivity contribution in [3.05, 3.63) is 35.1 Å². The van der Waals surface area contributed by atoms with E-state index >= 15 is 0 Å². The Bertz CT molecular complexity index is 442. The molecule has 6 heteroatoms. The summed E-state index contributed by atoms with van der Waals surface area (Å²) in [6.07, 6.45) is 0. The normalized spacial score (nSPS) is 10.4. The van der Waals surface area contributed by atoms with Crippen LogP contribution in [0, 0.1) is 0 Å². The van der Waals surface area contributed by atoms with E-state index in [1.807, 2.05) is 12.1 Å².